The van der Waals surface area contributed by atoms with Gasteiger partial charge < -0.3 is 5.32 Å². The summed E-state index contributed by atoms with van der Waals surface area (Å²) >= 11 is 2.95. The zero-order chi connectivity index (χ0) is 14.0. The Morgan fingerprint density at radius 1 is 1.47 bits per heavy atom. The molecule has 0 aliphatic carbocycles. The minimum Gasteiger partial charge on any atom is -0.342 e. The van der Waals surface area contributed by atoms with E-state index in [9.17, 15) is 18.0 Å². The van der Waals surface area contributed by atoms with Gasteiger partial charge >= 0.3 is 0 Å². The summed E-state index contributed by atoms with van der Waals surface area (Å²) in [5, 5.41) is 2.64. The van der Waals surface area contributed by atoms with Gasteiger partial charge in [-0.05, 0) is 18.4 Å². The Kier molecular flexibility index (Phi) is 4.67. The summed E-state index contributed by atoms with van der Waals surface area (Å²) in [6.45, 7) is 0. The molecular weight excluding hydrogens is 308 g/mol. The quantitative estimate of drug-likeness (QED) is 0.754. The third-order valence-electron chi connectivity index (χ3n) is 3.09. The normalized spacial score (nSPS) is 30.5. The molecule has 9 heteroatoms. The van der Waals surface area contributed by atoms with Crippen LogP contribution in [0.5, 0.6) is 0 Å². The topological polar surface area (TPSA) is 83.6 Å². The van der Waals surface area contributed by atoms with Crippen molar-refractivity contribution in [2.45, 2.75) is 18.5 Å². The fourth-order valence-corrected chi connectivity index (χ4v) is 5.83. The van der Waals surface area contributed by atoms with E-state index in [0.29, 0.717) is 23.7 Å². The number of amides is 2. The Morgan fingerprint density at radius 3 is 2.89 bits per heavy atom. The molecular formula is C10H16N2O4S3. The van der Waals surface area contributed by atoms with E-state index < -0.39 is 28.0 Å². The molecule has 0 aromatic heterocycles. The van der Waals surface area contributed by atoms with E-state index in [1.54, 1.807) is 11.8 Å². The monoisotopic (exact) mass is 324 g/mol. The summed E-state index contributed by atoms with van der Waals surface area (Å²) in [4.78, 5) is 24.3. The summed E-state index contributed by atoms with van der Waals surface area (Å²) in [5.74, 6) is 0.536. The van der Waals surface area contributed by atoms with Crippen molar-refractivity contribution < 1.29 is 18.0 Å². The predicted octanol–water partition coefficient (Wildman–Crippen LogP) is -0.488. The second-order valence-corrected chi connectivity index (χ2v) is 8.48. The van der Waals surface area contributed by atoms with E-state index in [1.807, 2.05) is 6.26 Å². The first-order valence-corrected chi connectivity index (χ1v) is 10.1. The minimum absolute atomic E-state index is 0.0809. The molecule has 0 aromatic carbocycles. The van der Waals surface area contributed by atoms with E-state index in [-0.39, 0.29) is 11.7 Å². The molecule has 2 rings (SSSR count). The van der Waals surface area contributed by atoms with Crippen LogP contribution in [0.3, 0.4) is 0 Å². The van der Waals surface area contributed by atoms with E-state index in [2.05, 4.69) is 5.32 Å². The molecule has 1 N–H and O–H groups in total. The van der Waals surface area contributed by atoms with Gasteiger partial charge in [-0.25, -0.2) is 12.7 Å². The summed E-state index contributed by atoms with van der Waals surface area (Å²) in [5.41, 5.74) is 0. The second-order valence-electron chi connectivity index (χ2n) is 4.38. The van der Waals surface area contributed by atoms with Crippen molar-refractivity contribution in [1.82, 2.24) is 9.62 Å². The van der Waals surface area contributed by atoms with Gasteiger partial charge in [0.2, 0.25) is 15.9 Å². The number of rotatable bonds is 3. The lowest BCUT2D eigenvalue weighted by atomic mass is 10.1. The molecule has 2 saturated heterocycles. The van der Waals surface area contributed by atoms with Gasteiger partial charge in [-0.15, -0.1) is 0 Å². The highest BCUT2D eigenvalue weighted by molar-refractivity contribution is 8.01. The molecule has 2 aliphatic heterocycles. The van der Waals surface area contributed by atoms with Crippen molar-refractivity contribution >= 4 is 45.4 Å². The highest BCUT2D eigenvalue weighted by atomic mass is 32.2. The van der Waals surface area contributed by atoms with Crippen molar-refractivity contribution in [3.63, 3.8) is 0 Å². The molecule has 2 amide bonds. The number of hydrogen-bond donors (Lipinski definition) is 1. The van der Waals surface area contributed by atoms with Crippen LogP contribution in [0.2, 0.25) is 0 Å². The van der Waals surface area contributed by atoms with Crippen molar-refractivity contribution in [3.8, 4) is 0 Å². The van der Waals surface area contributed by atoms with Crippen LogP contribution in [-0.2, 0) is 19.6 Å². The zero-order valence-electron chi connectivity index (χ0n) is 10.5. The lowest BCUT2D eigenvalue weighted by molar-refractivity contribution is -0.142. The van der Waals surface area contributed by atoms with Gasteiger partial charge in [0.1, 0.15) is 12.1 Å². The molecule has 0 bridgehead atoms. The highest BCUT2D eigenvalue weighted by Gasteiger charge is 2.47. The fourth-order valence-electron chi connectivity index (χ4n) is 2.11. The Hall–Kier alpha value is -0.410. The third-order valence-corrected chi connectivity index (χ3v) is 6.79. The molecule has 2 atom stereocenters. The summed E-state index contributed by atoms with van der Waals surface area (Å²) in [7, 11) is -3.66. The average molecular weight is 324 g/mol. The van der Waals surface area contributed by atoms with Crippen LogP contribution in [-0.4, -0.2) is 65.9 Å². The fraction of sp³-hybridized carbons (Fsp3) is 0.800. The summed E-state index contributed by atoms with van der Waals surface area (Å²) in [6.07, 6.45) is 2.36. The number of nitrogens with one attached hydrogen (secondary N) is 1. The maximum absolute atomic E-state index is 12.3. The number of fused-ring (bicyclic) bond motifs is 1. The van der Waals surface area contributed by atoms with E-state index in [1.165, 1.54) is 11.8 Å². The molecule has 19 heavy (non-hydrogen) atoms. The predicted molar refractivity (Wildman–Crippen MR) is 76.7 cm³/mol. The van der Waals surface area contributed by atoms with E-state index >= 15 is 0 Å². The summed E-state index contributed by atoms with van der Waals surface area (Å²) < 4.78 is 25.1. The number of carbonyl (C=O) groups is 2. The summed E-state index contributed by atoms with van der Waals surface area (Å²) in [6, 6.07) is -1.59. The van der Waals surface area contributed by atoms with Crippen LogP contribution < -0.4 is 5.32 Å². The molecule has 0 saturated carbocycles. The first kappa shape index (κ1) is 15.0. The van der Waals surface area contributed by atoms with Crippen LogP contribution in [0.1, 0.15) is 6.42 Å². The van der Waals surface area contributed by atoms with Gasteiger partial charge in [0.25, 0.3) is 5.91 Å². The lowest BCUT2D eigenvalue weighted by Crippen LogP contribution is -2.65. The van der Waals surface area contributed by atoms with Crippen LogP contribution >= 0.6 is 23.5 Å². The molecule has 2 fully saturated rings. The van der Waals surface area contributed by atoms with Gasteiger partial charge in [-0.2, -0.15) is 23.5 Å². The first-order chi connectivity index (χ1) is 8.97. The average Bonchev–Trinajstić information content (AvgIpc) is 2.51. The van der Waals surface area contributed by atoms with Crippen LogP contribution in [0.25, 0.3) is 0 Å². The van der Waals surface area contributed by atoms with Crippen LogP contribution in [0, 0.1) is 0 Å². The van der Waals surface area contributed by atoms with Gasteiger partial charge in [-0.3, -0.25) is 9.59 Å². The Labute approximate surface area is 121 Å². The highest BCUT2D eigenvalue weighted by Crippen LogP contribution is 2.24. The molecule has 108 valence electrons. The number of carbonyl (C=O) groups excluding carboxylic acids is 2. The molecule has 0 aromatic rings. The Morgan fingerprint density at radius 2 is 2.21 bits per heavy atom. The number of piperazine rings is 1. The van der Waals surface area contributed by atoms with Crippen molar-refractivity contribution in [2.24, 2.45) is 0 Å². The smallest absolute Gasteiger partial charge is 0.259 e. The first-order valence-electron chi connectivity index (χ1n) is 5.90. The molecule has 0 unspecified atom stereocenters. The molecule has 0 spiro atoms. The number of thioether (sulfide) groups is 2. The molecule has 0 radical (unpaired) electrons. The molecule has 2 heterocycles. The van der Waals surface area contributed by atoms with Crippen molar-refractivity contribution in [1.29, 1.82) is 0 Å². The van der Waals surface area contributed by atoms with Gasteiger partial charge in [-0.1, -0.05) is 0 Å². The maximum atomic E-state index is 12.3. The largest absolute Gasteiger partial charge is 0.342 e. The van der Waals surface area contributed by atoms with Gasteiger partial charge in [0, 0.05) is 11.5 Å². The van der Waals surface area contributed by atoms with Crippen molar-refractivity contribution in [2.75, 3.05) is 29.3 Å². The SMILES string of the molecule is CSCC[C@@H]1NC(=O)[C@@H]2CSCCS(=O)(=O)N2C1=O. The number of hydrogen-bond acceptors (Lipinski definition) is 6. The number of sulfonamides is 1. The van der Waals surface area contributed by atoms with Crippen molar-refractivity contribution in [3.05, 3.63) is 0 Å². The standard InChI is InChI=1S/C10H16N2O4S3/c1-17-3-2-7-10(14)12-8(9(13)11-7)6-18-4-5-19(12,15)16/h7-8H,2-6H2,1H3,(H,11,13)/t7-,8-/m0/s1. The van der Waals surface area contributed by atoms with E-state index in [4.69, 9.17) is 0 Å². The lowest BCUT2D eigenvalue weighted by Gasteiger charge is -2.36. The van der Waals surface area contributed by atoms with Gasteiger partial charge in [0.15, 0.2) is 0 Å². The molecule has 6 nitrogen and oxygen atoms in total. The third kappa shape index (κ3) is 3.03. The van der Waals surface area contributed by atoms with E-state index in [0.717, 1.165) is 4.31 Å². The Balaban J connectivity index is 2.28. The number of nitrogens with zero attached hydrogens (tertiary/aromatic N) is 1. The maximum Gasteiger partial charge on any atom is 0.259 e. The minimum atomic E-state index is -3.66. The Bertz CT molecular complexity index is 479. The second kappa shape index (κ2) is 5.92. The molecule has 2 aliphatic rings. The van der Waals surface area contributed by atoms with Gasteiger partial charge in [0.05, 0.1) is 5.75 Å². The zero-order valence-corrected chi connectivity index (χ0v) is 12.9. The van der Waals surface area contributed by atoms with Crippen LogP contribution in [0.15, 0.2) is 0 Å². The van der Waals surface area contributed by atoms with Crippen LogP contribution in [0.4, 0.5) is 0 Å².